The monoisotopic (exact) mass is 463 g/mol. The maximum Gasteiger partial charge on any atom is 0.323 e. The van der Waals surface area contributed by atoms with E-state index in [-0.39, 0.29) is 6.04 Å². The Morgan fingerprint density at radius 1 is 1.09 bits per heavy atom. The van der Waals surface area contributed by atoms with E-state index in [0.29, 0.717) is 34.7 Å². The SMILES string of the molecule is COc1ccc(NC(=O)Nc2cnn3ccc(N4CCC[C@@H]4c4cc(F)ccc4F)cc23)cc1. The average Bonchev–Trinajstić information content (AvgIpc) is 3.48. The van der Waals surface area contributed by atoms with E-state index < -0.39 is 17.7 Å². The molecule has 0 bridgehead atoms. The van der Waals surface area contributed by atoms with Gasteiger partial charge in [-0.2, -0.15) is 5.10 Å². The lowest BCUT2D eigenvalue weighted by molar-refractivity contribution is 0.262. The van der Waals surface area contributed by atoms with Gasteiger partial charge in [0.15, 0.2) is 0 Å². The molecule has 1 aliphatic heterocycles. The lowest BCUT2D eigenvalue weighted by atomic mass is 10.0. The molecule has 34 heavy (non-hydrogen) atoms. The molecule has 174 valence electrons. The van der Waals surface area contributed by atoms with Crippen molar-refractivity contribution >= 4 is 28.6 Å². The Morgan fingerprint density at radius 3 is 2.71 bits per heavy atom. The number of methoxy groups -OCH3 is 1. The normalized spacial score (nSPS) is 15.5. The molecule has 0 unspecified atom stereocenters. The van der Waals surface area contributed by atoms with E-state index in [1.807, 2.05) is 12.1 Å². The fourth-order valence-corrected chi connectivity index (χ4v) is 4.37. The minimum atomic E-state index is -0.455. The number of carbonyl (C=O) groups is 1. The first kappa shape index (κ1) is 21.7. The number of nitrogens with one attached hydrogen (secondary N) is 2. The topological polar surface area (TPSA) is 70.9 Å². The predicted molar refractivity (Wildman–Crippen MR) is 127 cm³/mol. The predicted octanol–water partition coefficient (Wildman–Crippen LogP) is 5.61. The second-order valence-corrected chi connectivity index (χ2v) is 8.10. The number of halogens is 2. The van der Waals surface area contributed by atoms with E-state index in [1.165, 1.54) is 12.1 Å². The van der Waals surface area contributed by atoms with Crippen LogP contribution in [0.5, 0.6) is 5.75 Å². The first-order valence-corrected chi connectivity index (χ1v) is 10.9. The summed E-state index contributed by atoms with van der Waals surface area (Å²) < 4.78 is 35.1. The molecule has 3 heterocycles. The summed E-state index contributed by atoms with van der Waals surface area (Å²) in [6, 6.07) is 13.7. The third-order valence-electron chi connectivity index (χ3n) is 6.00. The minimum Gasteiger partial charge on any atom is -0.497 e. The zero-order valence-corrected chi connectivity index (χ0v) is 18.5. The second kappa shape index (κ2) is 9.01. The molecular weight excluding hydrogens is 440 g/mol. The van der Waals surface area contributed by atoms with E-state index in [2.05, 4.69) is 20.6 Å². The molecule has 0 saturated carbocycles. The minimum absolute atomic E-state index is 0.268. The Bertz CT molecular complexity index is 1340. The van der Waals surface area contributed by atoms with Crippen LogP contribution in [0.3, 0.4) is 0 Å². The summed E-state index contributed by atoms with van der Waals surface area (Å²) in [4.78, 5) is 14.6. The number of rotatable bonds is 5. The Hall–Kier alpha value is -4.14. The molecule has 1 saturated heterocycles. The summed E-state index contributed by atoms with van der Waals surface area (Å²) in [5.74, 6) is -0.176. The van der Waals surface area contributed by atoms with E-state index in [9.17, 15) is 13.6 Å². The van der Waals surface area contributed by atoms with Crippen LogP contribution in [0, 0.1) is 11.6 Å². The molecule has 1 aliphatic rings. The van der Waals surface area contributed by atoms with Crippen molar-refractivity contribution < 1.29 is 18.3 Å². The van der Waals surface area contributed by atoms with E-state index >= 15 is 0 Å². The standard InChI is InChI=1S/C25H23F2N5O2/c1-34-19-7-5-17(6-8-19)29-25(33)30-22-15-28-32-12-10-18(14-24(22)32)31-11-2-3-23(31)20-13-16(26)4-9-21(20)27/h4-10,12-15,23H,2-3,11H2,1H3,(H2,29,30,33)/t23-/m1/s1. The fraction of sp³-hybridized carbons (Fsp3) is 0.200. The number of hydrogen-bond donors (Lipinski definition) is 2. The molecule has 4 aromatic rings. The summed E-state index contributed by atoms with van der Waals surface area (Å²) in [6.45, 7) is 0.714. The van der Waals surface area contributed by atoms with Gasteiger partial charge in [0.2, 0.25) is 0 Å². The van der Waals surface area contributed by atoms with Crippen molar-refractivity contribution in [2.45, 2.75) is 18.9 Å². The van der Waals surface area contributed by atoms with Crippen LogP contribution in [-0.4, -0.2) is 29.3 Å². The number of amides is 2. The van der Waals surface area contributed by atoms with Gasteiger partial charge in [0.1, 0.15) is 17.4 Å². The van der Waals surface area contributed by atoms with Gasteiger partial charge in [-0.3, -0.25) is 0 Å². The molecule has 0 radical (unpaired) electrons. The zero-order chi connectivity index (χ0) is 23.7. The third-order valence-corrected chi connectivity index (χ3v) is 6.00. The molecule has 9 heteroatoms. The number of fused-ring (bicyclic) bond motifs is 1. The van der Waals surface area contributed by atoms with Crippen LogP contribution in [-0.2, 0) is 0 Å². The number of anilines is 3. The molecule has 7 nitrogen and oxygen atoms in total. The van der Waals surface area contributed by atoms with Gasteiger partial charge >= 0.3 is 6.03 Å². The van der Waals surface area contributed by atoms with Crippen molar-refractivity contribution in [2.24, 2.45) is 0 Å². The van der Waals surface area contributed by atoms with Crippen LogP contribution >= 0.6 is 0 Å². The van der Waals surface area contributed by atoms with Crippen molar-refractivity contribution in [1.29, 1.82) is 0 Å². The van der Waals surface area contributed by atoms with Gasteiger partial charge in [-0.1, -0.05) is 0 Å². The number of hydrogen-bond acceptors (Lipinski definition) is 4. The number of nitrogens with zero attached hydrogens (tertiary/aromatic N) is 3. The lowest BCUT2D eigenvalue weighted by Gasteiger charge is -2.27. The van der Waals surface area contributed by atoms with Gasteiger partial charge in [0, 0.05) is 29.7 Å². The number of benzene rings is 2. The van der Waals surface area contributed by atoms with Crippen molar-refractivity contribution in [3.05, 3.63) is 84.2 Å². The van der Waals surface area contributed by atoms with E-state index in [1.54, 1.807) is 48.3 Å². The van der Waals surface area contributed by atoms with Crippen LogP contribution in [0.25, 0.3) is 5.52 Å². The molecule has 5 rings (SSSR count). The summed E-state index contributed by atoms with van der Waals surface area (Å²) in [5.41, 5.74) is 3.03. The highest BCUT2D eigenvalue weighted by Gasteiger charge is 2.29. The van der Waals surface area contributed by atoms with E-state index in [0.717, 1.165) is 24.6 Å². The van der Waals surface area contributed by atoms with Gasteiger partial charge in [-0.15, -0.1) is 0 Å². The molecular formula is C25H23F2N5O2. The number of ether oxygens (including phenoxy) is 1. The van der Waals surface area contributed by atoms with Gasteiger partial charge in [0.25, 0.3) is 0 Å². The number of aromatic nitrogens is 2. The molecule has 2 aromatic heterocycles. The van der Waals surface area contributed by atoms with Crippen LogP contribution in [0.1, 0.15) is 24.4 Å². The van der Waals surface area contributed by atoms with Gasteiger partial charge in [0.05, 0.1) is 30.6 Å². The second-order valence-electron chi connectivity index (χ2n) is 8.10. The molecule has 2 amide bonds. The van der Waals surface area contributed by atoms with Crippen molar-refractivity contribution in [1.82, 2.24) is 9.61 Å². The van der Waals surface area contributed by atoms with Gasteiger partial charge in [-0.05, 0) is 67.4 Å². The molecule has 1 atom stereocenters. The highest BCUT2D eigenvalue weighted by Crippen LogP contribution is 2.38. The molecule has 2 N–H and O–H groups in total. The first-order chi connectivity index (χ1) is 16.5. The highest BCUT2D eigenvalue weighted by atomic mass is 19.1. The first-order valence-electron chi connectivity index (χ1n) is 10.9. The maximum absolute atomic E-state index is 14.5. The molecule has 2 aromatic carbocycles. The summed E-state index contributed by atoms with van der Waals surface area (Å²) in [6.07, 6.45) is 4.94. The summed E-state index contributed by atoms with van der Waals surface area (Å²) in [7, 11) is 1.58. The largest absolute Gasteiger partial charge is 0.497 e. The number of carbonyl (C=O) groups excluding carboxylic acids is 1. The Morgan fingerprint density at radius 2 is 1.91 bits per heavy atom. The molecule has 1 fully saturated rings. The van der Waals surface area contributed by atoms with Gasteiger partial charge in [-0.25, -0.2) is 18.1 Å². The number of urea groups is 1. The van der Waals surface area contributed by atoms with Gasteiger partial charge < -0.3 is 20.3 Å². The smallest absolute Gasteiger partial charge is 0.323 e. The van der Waals surface area contributed by atoms with Crippen molar-refractivity contribution in [3.63, 3.8) is 0 Å². The quantitative estimate of drug-likeness (QED) is 0.404. The van der Waals surface area contributed by atoms with E-state index in [4.69, 9.17) is 4.74 Å². The third kappa shape index (κ3) is 4.24. The van der Waals surface area contributed by atoms with Crippen molar-refractivity contribution in [2.75, 3.05) is 29.2 Å². The highest BCUT2D eigenvalue weighted by molar-refractivity contribution is 6.02. The maximum atomic E-state index is 14.5. The molecule has 0 spiro atoms. The Labute approximate surface area is 195 Å². The van der Waals surface area contributed by atoms with Crippen molar-refractivity contribution in [3.8, 4) is 5.75 Å². The zero-order valence-electron chi connectivity index (χ0n) is 18.5. The van der Waals surface area contributed by atoms with Crippen LogP contribution in [0.2, 0.25) is 0 Å². The molecule has 0 aliphatic carbocycles. The Balaban J connectivity index is 1.38. The van der Waals surface area contributed by atoms with Crippen LogP contribution in [0.15, 0.2) is 67.0 Å². The van der Waals surface area contributed by atoms with Crippen LogP contribution in [0.4, 0.5) is 30.6 Å². The summed E-state index contributed by atoms with van der Waals surface area (Å²) in [5, 5.41) is 9.90. The van der Waals surface area contributed by atoms with Crippen LogP contribution < -0.4 is 20.3 Å². The average molecular weight is 463 g/mol. The summed E-state index contributed by atoms with van der Waals surface area (Å²) >= 11 is 0. The lowest BCUT2D eigenvalue weighted by Crippen LogP contribution is -2.23. The fourth-order valence-electron chi connectivity index (χ4n) is 4.37. The Kier molecular flexibility index (Phi) is 5.75. The number of pyridine rings is 1.